The van der Waals surface area contributed by atoms with E-state index >= 15 is 0 Å². The van der Waals surface area contributed by atoms with Gasteiger partial charge in [-0.1, -0.05) is 34.9 Å². The molecule has 0 bridgehead atoms. The molecule has 0 aromatic carbocycles. The molecule has 158 valence electrons. The highest BCUT2D eigenvalue weighted by Crippen LogP contribution is 2.62. The van der Waals surface area contributed by atoms with E-state index in [0.29, 0.717) is 12.6 Å². The minimum atomic E-state index is -3.35. The van der Waals surface area contributed by atoms with Gasteiger partial charge < -0.3 is 13.6 Å². The number of allylic oxidation sites excluding steroid dienone is 6. The minimum absolute atomic E-state index is 0.190. The summed E-state index contributed by atoms with van der Waals surface area (Å²) in [7, 11) is -2.42. The first-order valence-electron chi connectivity index (χ1n) is 9.38. The molecule has 27 heavy (non-hydrogen) atoms. The molecule has 0 N–H and O–H groups in total. The van der Waals surface area contributed by atoms with E-state index in [4.69, 9.17) is 13.6 Å². The summed E-state index contributed by atoms with van der Waals surface area (Å²) in [5, 5.41) is 0. The summed E-state index contributed by atoms with van der Waals surface area (Å²) in [6.45, 7) is 8.51. The number of hydrogen-bond acceptors (Lipinski definition) is 5. The summed E-state index contributed by atoms with van der Waals surface area (Å²) in [6.07, 6.45) is 11.8. The van der Waals surface area contributed by atoms with Crippen molar-refractivity contribution < 1.29 is 22.7 Å². The van der Waals surface area contributed by atoms with Gasteiger partial charge in [-0.25, -0.2) is 0 Å². The average molecular weight is 420 g/mol. The van der Waals surface area contributed by atoms with Crippen LogP contribution in [0.1, 0.15) is 59.8 Å². The fraction of sp³-hybridized carbons (Fsp3) is 0.700. The lowest BCUT2D eigenvalue weighted by molar-refractivity contribution is 0.278. The maximum atomic E-state index is 12.8. The third-order valence-corrected chi connectivity index (χ3v) is 10.2. The second-order valence-electron chi connectivity index (χ2n) is 7.09. The van der Waals surface area contributed by atoms with E-state index in [1.165, 1.54) is 38.0 Å². The predicted molar refractivity (Wildman–Crippen MR) is 116 cm³/mol. The van der Waals surface area contributed by atoms with Crippen LogP contribution in [0.4, 0.5) is 0 Å². The van der Waals surface area contributed by atoms with Crippen molar-refractivity contribution in [2.75, 3.05) is 33.4 Å². The van der Waals surface area contributed by atoms with Gasteiger partial charge >= 0.3 is 7.60 Å². The maximum Gasteiger partial charge on any atom is 0.339 e. The summed E-state index contributed by atoms with van der Waals surface area (Å²) >= 11 is 0. The number of rotatable bonds is 14. The molecule has 0 aliphatic rings. The second kappa shape index (κ2) is 13.7. The average Bonchev–Trinajstić information content (AvgIpc) is 2.61. The van der Waals surface area contributed by atoms with Gasteiger partial charge in [0.05, 0.1) is 0 Å². The zero-order valence-electron chi connectivity index (χ0n) is 18.1. The normalized spacial score (nSPS) is 15.5. The van der Waals surface area contributed by atoms with Crippen molar-refractivity contribution in [3.63, 3.8) is 0 Å². The molecule has 1 unspecified atom stereocenters. The predicted octanol–water partition coefficient (Wildman–Crippen LogP) is 7.16. The summed E-state index contributed by atoms with van der Waals surface area (Å²) in [6, 6.07) is 0. The van der Waals surface area contributed by atoms with Gasteiger partial charge in [-0.2, -0.15) is 0 Å². The van der Waals surface area contributed by atoms with Crippen LogP contribution in [0.2, 0.25) is 0 Å². The van der Waals surface area contributed by atoms with Crippen LogP contribution < -0.4 is 0 Å². The molecule has 0 fully saturated rings. The lowest BCUT2D eigenvalue weighted by Crippen LogP contribution is -2.01. The fourth-order valence-electron chi connectivity index (χ4n) is 2.52. The Kier molecular flexibility index (Phi) is 13.5. The van der Waals surface area contributed by atoms with Crippen molar-refractivity contribution in [3.8, 4) is 0 Å². The molecule has 0 aliphatic carbocycles. The van der Waals surface area contributed by atoms with Gasteiger partial charge in [-0.15, -0.1) is 0 Å². The van der Waals surface area contributed by atoms with Gasteiger partial charge in [0.1, 0.15) is 5.90 Å². The Hall–Kier alpha value is -0.440. The molecular formula is C20H38O5P2. The fourth-order valence-corrected chi connectivity index (χ4v) is 7.44. The Morgan fingerprint density at radius 2 is 1.22 bits per heavy atom. The van der Waals surface area contributed by atoms with Gasteiger partial charge in [-0.05, 0) is 59.8 Å². The zero-order chi connectivity index (χ0) is 20.9. The molecule has 0 saturated heterocycles. The van der Waals surface area contributed by atoms with E-state index in [9.17, 15) is 9.13 Å². The lowest BCUT2D eigenvalue weighted by atomic mass is 10.1. The SMILES string of the molecule is COP(=O)(CCC=C(C)CCC=C(C)CCC=C(C)C)CP(=O)(OC)OC. The summed E-state index contributed by atoms with van der Waals surface area (Å²) < 4.78 is 39.9. The summed E-state index contributed by atoms with van der Waals surface area (Å²) in [4.78, 5) is 0. The smallest absolute Gasteiger partial charge is 0.331 e. The molecule has 0 amide bonds. The van der Waals surface area contributed by atoms with Crippen LogP contribution in [0.3, 0.4) is 0 Å². The van der Waals surface area contributed by atoms with E-state index in [1.54, 1.807) is 0 Å². The Bertz CT molecular complexity index is 608. The molecule has 0 aromatic heterocycles. The molecule has 0 rings (SSSR count). The molecule has 0 radical (unpaired) electrons. The van der Waals surface area contributed by atoms with Crippen LogP contribution in [-0.4, -0.2) is 33.4 Å². The highest BCUT2D eigenvalue weighted by Gasteiger charge is 2.34. The van der Waals surface area contributed by atoms with Gasteiger partial charge in [0.25, 0.3) is 0 Å². The van der Waals surface area contributed by atoms with Crippen LogP contribution in [0.25, 0.3) is 0 Å². The Morgan fingerprint density at radius 1 is 0.741 bits per heavy atom. The first kappa shape index (κ1) is 26.6. The van der Waals surface area contributed by atoms with E-state index < -0.39 is 15.0 Å². The van der Waals surface area contributed by atoms with Crippen LogP contribution in [0.5, 0.6) is 0 Å². The molecule has 0 saturated carbocycles. The highest BCUT2D eigenvalue weighted by molar-refractivity contribution is 7.73. The summed E-state index contributed by atoms with van der Waals surface area (Å²) in [5.41, 5.74) is 4.04. The Morgan fingerprint density at radius 3 is 1.67 bits per heavy atom. The van der Waals surface area contributed by atoms with Crippen molar-refractivity contribution >= 4 is 15.0 Å². The van der Waals surface area contributed by atoms with Crippen molar-refractivity contribution in [1.82, 2.24) is 0 Å². The molecule has 0 heterocycles. The highest BCUT2D eigenvalue weighted by atomic mass is 31.2. The van der Waals surface area contributed by atoms with Crippen LogP contribution >= 0.6 is 15.0 Å². The summed E-state index contributed by atoms with van der Waals surface area (Å²) in [5.74, 6) is -0.190. The van der Waals surface area contributed by atoms with Gasteiger partial charge in [0.15, 0.2) is 0 Å². The van der Waals surface area contributed by atoms with Gasteiger partial charge in [0.2, 0.25) is 7.37 Å². The largest absolute Gasteiger partial charge is 0.339 e. The van der Waals surface area contributed by atoms with Crippen LogP contribution in [0, 0.1) is 0 Å². The second-order valence-corrected chi connectivity index (χ2v) is 12.6. The van der Waals surface area contributed by atoms with E-state index in [0.717, 1.165) is 25.7 Å². The lowest BCUT2D eigenvalue weighted by Gasteiger charge is -2.20. The topological polar surface area (TPSA) is 61.8 Å². The first-order valence-corrected chi connectivity index (χ1v) is 13.1. The molecule has 7 heteroatoms. The van der Waals surface area contributed by atoms with Crippen LogP contribution in [-0.2, 0) is 22.7 Å². The van der Waals surface area contributed by atoms with Gasteiger partial charge in [-0.3, -0.25) is 9.13 Å². The molecule has 0 aliphatic heterocycles. The zero-order valence-corrected chi connectivity index (χ0v) is 19.9. The van der Waals surface area contributed by atoms with Crippen LogP contribution in [0.15, 0.2) is 34.9 Å². The van der Waals surface area contributed by atoms with Gasteiger partial charge in [0, 0.05) is 27.5 Å². The standard InChI is InChI=1S/C20H38O5P2/c1-18(2)11-8-12-19(3)13-9-14-20(4)15-10-16-26(21,23-5)17-27(22,24-6)25-7/h11,13,15H,8-10,12,14,16-17H2,1-7H3. The Balaban J connectivity index is 4.46. The Labute approximate surface area is 166 Å². The van der Waals surface area contributed by atoms with E-state index in [-0.39, 0.29) is 5.90 Å². The van der Waals surface area contributed by atoms with Crippen molar-refractivity contribution in [2.24, 2.45) is 0 Å². The first-order chi connectivity index (χ1) is 12.6. The monoisotopic (exact) mass is 420 g/mol. The minimum Gasteiger partial charge on any atom is -0.331 e. The molecule has 5 nitrogen and oxygen atoms in total. The van der Waals surface area contributed by atoms with Crippen molar-refractivity contribution in [3.05, 3.63) is 34.9 Å². The van der Waals surface area contributed by atoms with E-state index in [1.807, 2.05) is 0 Å². The van der Waals surface area contributed by atoms with Crippen molar-refractivity contribution in [2.45, 2.75) is 59.8 Å². The maximum absolute atomic E-state index is 12.8. The molecule has 0 aromatic rings. The third-order valence-electron chi connectivity index (χ3n) is 4.36. The third kappa shape index (κ3) is 12.6. The molecular weight excluding hydrogens is 382 g/mol. The van der Waals surface area contributed by atoms with E-state index in [2.05, 4.69) is 45.9 Å². The van der Waals surface area contributed by atoms with Crippen molar-refractivity contribution in [1.29, 1.82) is 0 Å². The molecule has 0 spiro atoms. The molecule has 1 atom stereocenters. The quantitative estimate of drug-likeness (QED) is 0.220. The number of hydrogen-bond donors (Lipinski definition) is 0.